The van der Waals surface area contributed by atoms with E-state index in [0.29, 0.717) is 0 Å². The van der Waals surface area contributed by atoms with Crippen LogP contribution in [0.2, 0.25) is 0 Å². The van der Waals surface area contributed by atoms with Crippen molar-refractivity contribution in [1.82, 2.24) is 10.3 Å². The first-order chi connectivity index (χ1) is 7.65. The lowest BCUT2D eigenvalue weighted by atomic mass is 9.82. The van der Waals surface area contributed by atoms with E-state index in [9.17, 15) is 0 Å². The van der Waals surface area contributed by atoms with E-state index < -0.39 is 0 Å². The van der Waals surface area contributed by atoms with E-state index in [4.69, 9.17) is 5.73 Å². The van der Waals surface area contributed by atoms with Gasteiger partial charge in [0.25, 0.3) is 0 Å². The molecule has 0 radical (unpaired) electrons. The highest BCUT2D eigenvalue weighted by molar-refractivity contribution is 7.09. The van der Waals surface area contributed by atoms with Gasteiger partial charge in [-0.1, -0.05) is 13.8 Å². The van der Waals surface area contributed by atoms with Gasteiger partial charge in [-0.05, 0) is 31.7 Å². The van der Waals surface area contributed by atoms with Crippen molar-refractivity contribution in [2.24, 2.45) is 11.1 Å². The summed E-state index contributed by atoms with van der Waals surface area (Å²) in [5, 5.41) is 6.73. The lowest BCUT2D eigenvalue weighted by Crippen LogP contribution is -2.39. The summed E-state index contributed by atoms with van der Waals surface area (Å²) in [5.74, 6) is 0. The highest BCUT2D eigenvalue weighted by atomic mass is 32.1. The summed E-state index contributed by atoms with van der Waals surface area (Å²) in [5.41, 5.74) is 7.22. The predicted octanol–water partition coefficient (Wildman–Crippen LogP) is 2.31. The molecule has 92 valence electrons. The Morgan fingerprint density at radius 3 is 2.56 bits per heavy atom. The molecule has 3 N–H and O–H groups in total. The van der Waals surface area contributed by atoms with Crippen molar-refractivity contribution in [2.75, 3.05) is 13.1 Å². The predicted molar refractivity (Wildman–Crippen MR) is 70.6 cm³/mol. The maximum absolute atomic E-state index is 5.86. The second-order valence-corrected chi connectivity index (χ2v) is 5.34. The average molecular weight is 241 g/mol. The third-order valence-electron chi connectivity index (χ3n) is 3.38. The van der Waals surface area contributed by atoms with Gasteiger partial charge in [-0.15, -0.1) is 11.3 Å². The number of thiazole rings is 1. The van der Waals surface area contributed by atoms with Gasteiger partial charge < -0.3 is 11.1 Å². The molecular formula is C12H23N3S. The molecule has 4 heteroatoms. The van der Waals surface area contributed by atoms with Gasteiger partial charge in [-0.3, -0.25) is 0 Å². The van der Waals surface area contributed by atoms with Crippen LogP contribution in [0.4, 0.5) is 0 Å². The Morgan fingerprint density at radius 2 is 2.12 bits per heavy atom. The van der Waals surface area contributed by atoms with Gasteiger partial charge in [0, 0.05) is 24.2 Å². The van der Waals surface area contributed by atoms with Gasteiger partial charge in [0.15, 0.2) is 0 Å². The van der Waals surface area contributed by atoms with Gasteiger partial charge in [-0.25, -0.2) is 4.98 Å². The zero-order chi connectivity index (χ0) is 12.0. The van der Waals surface area contributed by atoms with E-state index in [0.717, 1.165) is 43.2 Å². The molecule has 0 amide bonds. The van der Waals surface area contributed by atoms with Crippen LogP contribution in [0.5, 0.6) is 0 Å². The highest BCUT2D eigenvalue weighted by Crippen LogP contribution is 2.23. The Bertz CT molecular complexity index is 297. The zero-order valence-electron chi connectivity index (χ0n) is 10.5. The van der Waals surface area contributed by atoms with Crippen LogP contribution in [-0.4, -0.2) is 18.1 Å². The maximum Gasteiger partial charge on any atom is 0.107 e. The molecule has 1 aromatic heterocycles. The molecule has 16 heavy (non-hydrogen) atoms. The summed E-state index contributed by atoms with van der Waals surface area (Å²) in [6.07, 6.45) is 2.26. The van der Waals surface area contributed by atoms with Crippen LogP contribution in [-0.2, 0) is 6.54 Å². The largest absolute Gasteiger partial charge is 0.330 e. The van der Waals surface area contributed by atoms with E-state index in [1.54, 1.807) is 11.3 Å². The summed E-state index contributed by atoms with van der Waals surface area (Å²) in [4.78, 5) is 4.43. The molecule has 0 spiro atoms. The van der Waals surface area contributed by atoms with Crippen LogP contribution in [0, 0.1) is 12.3 Å². The monoisotopic (exact) mass is 241 g/mol. The van der Waals surface area contributed by atoms with Crippen LogP contribution in [0.15, 0.2) is 5.38 Å². The van der Waals surface area contributed by atoms with E-state index in [1.807, 2.05) is 6.92 Å². The number of hydrogen-bond donors (Lipinski definition) is 2. The van der Waals surface area contributed by atoms with Crippen molar-refractivity contribution in [3.63, 3.8) is 0 Å². The van der Waals surface area contributed by atoms with Crippen LogP contribution in [0.3, 0.4) is 0 Å². The van der Waals surface area contributed by atoms with Crippen molar-refractivity contribution in [1.29, 1.82) is 0 Å². The first-order valence-electron chi connectivity index (χ1n) is 5.97. The number of nitrogens with zero attached hydrogens (tertiary/aromatic N) is 1. The molecule has 3 nitrogen and oxygen atoms in total. The van der Waals surface area contributed by atoms with Crippen LogP contribution in [0.1, 0.15) is 37.4 Å². The first kappa shape index (κ1) is 13.6. The van der Waals surface area contributed by atoms with Crippen molar-refractivity contribution >= 4 is 11.3 Å². The molecule has 0 bridgehead atoms. The molecule has 0 aliphatic carbocycles. The fourth-order valence-corrected chi connectivity index (χ4v) is 2.52. The lowest BCUT2D eigenvalue weighted by Gasteiger charge is -2.30. The molecule has 1 heterocycles. The third-order valence-corrected chi connectivity index (χ3v) is 4.34. The molecule has 0 unspecified atom stereocenters. The second kappa shape index (κ2) is 6.33. The summed E-state index contributed by atoms with van der Waals surface area (Å²) in [7, 11) is 0. The number of aromatic nitrogens is 1. The fraction of sp³-hybridized carbons (Fsp3) is 0.750. The summed E-state index contributed by atoms with van der Waals surface area (Å²) < 4.78 is 0. The molecule has 0 aliphatic heterocycles. The Hall–Kier alpha value is -0.450. The molecular weight excluding hydrogens is 218 g/mol. The van der Waals surface area contributed by atoms with E-state index in [1.165, 1.54) is 0 Å². The van der Waals surface area contributed by atoms with Gasteiger partial charge in [0.05, 0.1) is 0 Å². The van der Waals surface area contributed by atoms with E-state index in [-0.39, 0.29) is 5.41 Å². The summed E-state index contributed by atoms with van der Waals surface area (Å²) in [6, 6.07) is 0. The Morgan fingerprint density at radius 1 is 1.44 bits per heavy atom. The average Bonchev–Trinajstić information content (AvgIpc) is 2.71. The topological polar surface area (TPSA) is 50.9 Å². The molecule has 0 aromatic carbocycles. The normalized spacial score (nSPS) is 12.0. The Kier molecular flexibility index (Phi) is 5.38. The van der Waals surface area contributed by atoms with Crippen molar-refractivity contribution in [2.45, 2.75) is 40.2 Å². The van der Waals surface area contributed by atoms with E-state index >= 15 is 0 Å². The number of aryl methyl sites for hydroxylation is 1. The maximum atomic E-state index is 5.86. The smallest absolute Gasteiger partial charge is 0.107 e. The fourth-order valence-electron chi connectivity index (χ4n) is 1.78. The summed E-state index contributed by atoms with van der Waals surface area (Å²) >= 11 is 1.72. The molecule has 0 saturated heterocycles. The number of nitrogens with two attached hydrogens (primary N) is 1. The van der Waals surface area contributed by atoms with Crippen molar-refractivity contribution in [3.8, 4) is 0 Å². The van der Waals surface area contributed by atoms with Gasteiger partial charge in [0.1, 0.15) is 5.01 Å². The van der Waals surface area contributed by atoms with Crippen LogP contribution >= 0.6 is 11.3 Å². The van der Waals surface area contributed by atoms with Gasteiger partial charge >= 0.3 is 0 Å². The Labute approximate surface area is 102 Å². The highest BCUT2D eigenvalue weighted by Gasteiger charge is 2.23. The summed E-state index contributed by atoms with van der Waals surface area (Å²) in [6.45, 7) is 9.05. The van der Waals surface area contributed by atoms with Crippen molar-refractivity contribution in [3.05, 3.63) is 16.1 Å². The minimum Gasteiger partial charge on any atom is -0.330 e. The van der Waals surface area contributed by atoms with Crippen LogP contribution < -0.4 is 11.1 Å². The first-order valence-corrected chi connectivity index (χ1v) is 6.85. The molecule has 1 aromatic rings. The third kappa shape index (κ3) is 3.54. The van der Waals surface area contributed by atoms with Crippen LogP contribution in [0.25, 0.3) is 0 Å². The van der Waals surface area contributed by atoms with E-state index in [2.05, 4.69) is 29.5 Å². The lowest BCUT2D eigenvalue weighted by molar-refractivity contribution is 0.258. The standard InChI is InChI=1S/C12H23N3S/c1-4-12(5-2,8-13)9-14-6-11-15-10(3)7-16-11/h7,14H,4-6,8-9,13H2,1-3H3. The quantitative estimate of drug-likeness (QED) is 0.770. The molecule has 0 fully saturated rings. The molecule has 0 saturated carbocycles. The second-order valence-electron chi connectivity index (χ2n) is 4.40. The number of hydrogen-bond acceptors (Lipinski definition) is 4. The number of nitrogens with one attached hydrogen (secondary N) is 1. The molecule has 0 aliphatic rings. The van der Waals surface area contributed by atoms with Crippen molar-refractivity contribution < 1.29 is 0 Å². The minimum atomic E-state index is 0.256. The Balaban J connectivity index is 2.39. The molecule has 1 rings (SSSR count). The van der Waals surface area contributed by atoms with Gasteiger partial charge in [-0.2, -0.15) is 0 Å². The van der Waals surface area contributed by atoms with Gasteiger partial charge in [0.2, 0.25) is 0 Å². The zero-order valence-corrected chi connectivity index (χ0v) is 11.4. The SMILES string of the molecule is CCC(CC)(CN)CNCc1nc(C)cs1. The number of rotatable bonds is 7. The molecule has 0 atom stereocenters. The minimum absolute atomic E-state index is 0.256.